The summed E-state index contributed by atoms with van der Waals surface area (Å²) >= 11 is 0. The summed E-state index contributed by atoms with van der Waals surface area (Å²) in [5.41, 5.74) is -4.23. The van der Waals surface area contributed by atoms with E-state index in [9.17, 15) is 26.3 Å². The lowest BCUT2D eigenvalue weighted by Gasteiger charge is -2.13. The molecule has 2 nitrogen and oxygen atoms in total. The van der Waals surface area contributed by atoms with Gasteiger partial charge in [0, 0.05) is 5.39 Å². The number of nitriles is 1. The Bertz CT molecular complexity index is 709. The van der Waals surface area contributed by atoms with Gasteiger partial charge in [0.05, 0.1) is 22.7 Å². The molecule has 1 heterocycles. The number of hydrogen-bond donors (Lipinski definition) is 0. The summed E-state index contributed by atoms with van der Waals surface area (Å²) < 4.78 is 76.2. The van der Waals surface area contributed by atoms with Crippen molar-refractivity contribution in [1.82, 2.24) is 4.98 Å². The Hall–Kier alpha value is -2.30. The Kier molecular flexibility index (Phi) is 3.08. The zero-order valence-corrected chi connectivity index (χ0v) is 9.47. The Morgan fingerprint density at radius 3 is 2.15 bits per heavy atom. The van der Waals surface area contributed by atoms with Gasteiger partial charge in [-0.15, -0.1) is 0 Å². The van der Waals surface area contributed by atoms with Crippen molar-refractivity contribution < 1.29 is 26.3 Å². The monoisotopic (exact) mass is 290 g/mol. The molecule has 0 radical (unpaired) electrons. The van der Waals surface area contributed by atoms with E-state index >= 15 is 0 Å². The summed E-state index contributed by atoms with van der Waals surface area (Å²) in [7, 11) is 0. The van der Waals surface area contributed by atoms with E-state index in [1.54, 1.807) is 0 Å². The summed E-state index contributed by atoms with van der Waals surface area (Å²) in [6.07, 6.45) is -9.79. The molecule has 2 rings (SSSR count). The Balaban J connectivity index is 2.91. The number of alkyl halides is 6. The van der Waals surface area contributed by atoms with Crippen LogP contribution in [0.3, 0.4) is 0 Å². The molecule has 0 aliphatic rings. The highest BCUT2D eigenvalue weighted by molar-refractivity contribution is 5.87. The van der Waals surface area contributed by atoms with Crippen molar-refractivity contribution in [3.63, 3.8) is 0 Å². The van der Waals surface area contributed by atoms with E-state index in [1.165, 1.54) is 6.07 Å². The molecule has 20 heavy (non-hydrogen) atoms. The van der Waals surface area contributed by atoms with Crippen LogP contribution in [0.5, 0.6) is 0 Å². The van der Waals surface area contributed by atoms with Gasteiger partial charge in [-0.2, -0.15) is 31.6 Å². The minimum absolute atomic E-state index is 0.268. The second kappa shape index (κ2) is 4.37. The summed E-state index contributed by atoms with van der Waals surface area (Å²) in [4.78, 5) is 3.03. The number of hydrogen-bond acceptors (Lipinski definition) is 2. The van der Waals surface area contributed by atoms with Crippen LogP contribution in [-0.4, -0.2) is 4.98 Å². The largest absolute Gasteiger partial charge is 0.433 e. The average molecular weight is 290 g/mol. The number of rotatable bonds is 0. The molecule has 0 fully saturated rings. The number of benzene rings is 1. The van der Waals surface area contributed by atoms with E-state index in [0.29, 0.717) is 12.1 Å². The lowest BCUT2D eigenvalue weighted by Crippen LogP contribution is -2.12. The van der Waals surface area contributed by atoms with E-state index in [-0.39, 0.29) is 5.39 Å². The molecule has 0 atom stereocenters. The lowest BCUT2D eigenvalue weighted by molar-refractivity contribution is -0.142. The molecule has 1 aromatic carbocycles. The lowest BCUT2D eigenvalue weighted by atomic mass is 10.0. The van der Waals surface area contributed by atoms with Crippen LogP contribution in [0.15, 0.2) is 24.3 Å². The predicted octanol–water partition coefficient (Wildman–Crippen LogP) is 4.14. The fraction of sp³-hybridized carbons (Fsp3) is 0.167. The van der Waals surface area contributed by atoms with E-state index in [0.717, 1.165) is 12.1 Å². The average Bonchev–Trinajstić information content (AvgIpc) is 2.34. The molecule has 0 aliphatic carbocycles. The highest BCUT2D eigenvalue weighted by atomic mass is 19.4. The molecule has 8 heteroatoms. The number of aromatic nitrogens is 1. The van der Waals surface area contributed by atoms with Crippen molar-refractivity contribution in [3.05, 3.63) is 41.1 Å². The minimum Gasteiger partial charge on any atom is -0.243 e. The van der Waals surface area contributed by atoms with Crippen molar-refractivity contribution in [2.45, 2.75) is 12.4 Å². The first kappa shape index (κ1) is 14.1. The third kappa shape index (κ3) is 2.39. The van der Waals surface area contributed by atoms with E-state index in [2.05, 4.69) is 4.98 Å². The van der Waals surface area contributed by atoms with Crippen LogP contribution in [0.25, 0.3) is 10.9 Å². The van der Waals surface area contributed by atoms with Crippen molar-refractivity contribution in [2.75, 3.05) is 0 Å². The zero-order chi connectivity index (χ0) is 15.1. The van der Waals surface area contributed by atoms with E-state index < -0.39 is 34.7 Å². The summed E-state index contributed by atoms with van der Waals surface area (Å²) in [6, 6.07) is 4.64. The second-order valence-corrected chi connectivity index (χ2v) is 3.86. The number of fused-ring (bicyclic) bond motifs is 1. The van der Waals surface area contributed by atoms with Crippen molar-refractivity contribution >= 4 is 10.9 Å². The number of nitrogens with zero attached hydrogens (tertiary/aromatic N) is 2. The van der Waals surface area contributed by atoms with Gasteiger partial charge in [-0.25, -0.2) is 4.98 Å². The van der Waals surface area contributed by atoms with Gasteiger partial charge in [-0.05, 0) is 12.1 Å². The molecule has 2 aromatic rings. The van der Waals surface area contributed by atoms with Crippen molar-refractivity contribution in [1.29, 1.82) is 5.26 Å². The smallest absolute Gasteiger partial charge is 0.243 e. The van der Waals surface area contributed by atoms with Gasteiger partial charge in [-0.3, -0.25) is 0 Å². The van der Waals surface area contributed by atoms with Gasteiger partial charge in [0.1, 0.15) is 5.69 Å². The minimum atomic E-state index is -4.93. The Labute approximate surface area is 108 Å². The fourth-order valence-corrected chi connectivity index (χ4v) is 1.71. The molecular formula is C12H4F6N2. The highest BCUT2D eigenvalue weighted by Crippen LogP contribution is 2.37. The van der Waals surface area contributed by atoms with Crippen molar-refractivity contribution in [3.8, 4) is 6.07 Å². The molecule has 0 unspecified atom stereocenters. The maximum atomic E-state index is 12.8. The van der Waals surface area contributed by atoms with E-state index in [4.69, 9.17) is 5.26 Å². The van der Waals surface area contributed by atoms with Crippen LogP contribution in [-0.2, 0) is 12.4 Å². The first-order valence-corrected chi connectivity index (χ1v) is 5.13. The molecule has 0 saturated carbocycles. The molecule has 104 valence electrons. The summed E-state index contributed by atoms with van der Waals surface area (Å²) in [5.74, 6) is 0. The van der Waals surface area contributed by atoms with Gasteiger partial charge < -0.3 is 0 Å². The predicted molar refractivity (Wildman–Crippen MR) is 56.5 cm³/mol. The number of halogens is 6. The first-order chi connectivity index (χ1) is 9.14. The van der Waals surface area contributed by atoms with Gasteiger partial charge >= 0.3 is 12.4 Å². The van der Waals surface area contributed by atoms with Crippen LogP contribution in [0.2, 0.25) is 0 Å². The third-order valence-corrected chi connectivity index (χ3v) is 2.56. The Morgan fingerprint density at radius 2 is 1.65 bits per heavy atom. The van der Waals surface area contributed by atoms with Crippen LogP contribution in [0.1, 0.15) is 16.8 Å². The first-order valence-electron chi connectivity index (χ1n) is 5.13. The maximum absolute atomic E-state index is 12.8. The van der Waals surface area contributed by atoms with Gasteiger partial charge in [0.15, 0.2) is 0 Å². The normalized spacial score (nSPS) is 12.4. The summed E-state index contributed by atoms with van der Waals surface area (Å²) in [5, 5.41) is 8.52. The van der Waals surface area contributed by atoms with Gasteiger partial charge in [0.2, 0.25) is 0 Å². The zero-order valence-electron chi connectivity index (χ0n) is 9.47. The number of para-hydroxylation sites is 1. The van der Waals surface area contributed by atoms with Crippen LogP contribution >= 0.6 is 0 Å². The maximum Gasteiger partial charge on any atom is 0.433 e. The van der Waals surface area contributed by atoms with Crippen LogP contribution in [0.4, 0.5) is 26.3 Å². The standard InChI is InChI=1S/C12H4F6N2/c13-11(14,15)8-3-1-2-7-6(5-19)4-9(12(16,17)18)20-10(7)8/h1-4H. The van der Waals surface area contributed by atoms with Crippen LogP contribution in [0, 0.1) is 11.3 Å². The van der Waals surface area contributed by atoms with Gasteiger partial charge in [-0.1, -0.05) is 12.1 Å². The molecule has 0 aliphatic heterocycles. The molecule has 0 amide bonds. The SMILES string of the molecule is N#Cc1cc(C(F)(F)F)nc2c(C(F)(F)F)cccc12. The molecule has 0 saturated heterocycles. The molecule has 1 aromatic heterocycles. The Morgan fingerprint density at radius 1 is 1.00 bits per heavy atom. The topological polar surface area (TPSA) is 36.7 Å². The third-order valence-electron chi connectivity index (χ3n) is 2.56. The number of pyridine rings is 1. The van der Waals surface area contributed by atoms with Crippen molar-refractivity contribution in [2.24, 2.45) is 0 Å². The van der Waals surface area contributed by atoms with Crippen LogP contribution < -0.4 is 0 Å². The quantitative estimate of drug-likeness (QED) is 0.683. The van der Waals surface area contributed by atoms with Gasteiger partial charge in [0.25, 0.3) is 0 Å². The fourth-order valence-electron chi connectivity index (χ4n) is 1.71. The second-order valence-electron chi connectivity index (χ2n) is 3.86. The molecule has 0 bridgehead atoms. The molecule has 0 N–H and O–H groups in total. The highest BCUT2D eigenvalue weighted by Gasteiger charge is 2.37. The molecule has 0 spiro atoms. The summed E-state index contributed by atoms with van der Waals surface area (Å²) in [6.45, 7) is 0. The van der Waals surface area contributed by atoms with E-state index in [1.807, 2.05) is 0 Å². The molecular weight excluding hydrogens is 286 g/mol.